The van der Waals surface area contributed by atoms with E-state index in [1.165, 1.54) is 5.56 Å². The SMILES string of the molecule is CCNC(=O)COc1ccc2c(c1)C(N)C(C[C@H](O)COc1ccccc1)CCC2. The summed E-state index contributed by atoms with van der Waals surface area (Å²) in [6.45, 7) is 2.69. The lowest BCUT2D eigenvalue weighted by Crippen LogP contribution is -2.29. The zero-order chi connectivity index (χ0) is 21.3. The third kappa shape index (κ3) is 6.21. The zero-order valence-corrected chi connectivity index (χ0v) is 17.5. The van der Waals surface area contributed by atoms with Crippen molar-refractivity contribution in [2.24, 2.45) is 11.7 Å². The molecule has 6 nitrogen and oxygen atoms in total. The van der Waals surface area contributed by atoms with Gasteiger partial charge in [-0.1, -0.05) is 24.3 Å². The average molecular weight is 413 g/mol. The van der Waals surface area contributed by atoms with Gasteiger partial charge < -0.3 is 25.6 Å². The predicted octanol–water partition coefficient (Wildman–Crippen LogP) is 2.98. The molecule has 2 aromatic carbocycles. The summed E-state index contributed by atoms with van der Waals surface area (Å²) in [6.07, 6.45) is 2.92. The molecule has 1 aliphatic rings. The van der Waals surface area contributed by atoms with Gasteiger partial charge in [0.25, 0.3) is 5.91 Å². The minimum Gasteiger partial charge on any atom is -0.491 e. The molecule has 30 heavy (non-hydrogen) atoms. The van der Waals surface area contributed by atoms with E-state index >= 15 is 0 Å². The largest absolute Gasteiger partial charge is 0.491 e. The molecule has 0 spiro atoms. The van der Waals surface area contributed by atoms with Crippen LogP contribution in [-0.2, 0) is 11.2 Å². The smallest absolute Gasteiger partial charge is 0.257 e. The molecule has 162 valence electrons. The van der Waals surface area contributed by atoms with Gasteiger partial charge in [0.2, 0.25) is 0 Å². The van der Waals surface area contributed by atoms with E-state index in [0.29, 0.717) is 18.7 Å². The Bertz CT molecular complexity index is 812. The zero-order valence-electron chi connectivity index (χ0n) is 17.5. The van der Waals surface area contributed by atoms with Crippen molar-refractivity contribution in [1.82, 2.24) is 5.32 Å². The molecule has 4 N–H and O–H groups in total. The molecule has 2 aromatic rings. The highest BCUT2D eigenvalue weighted by Gasteiger charge is 2.27. The number of nitrogens with one attached hydrogen (secondary N) is 1. The fraction of sp³-hybridized carbons (Fsp3) is 0.458. The summed E-state index contributed by atoms with van der Waals surface area (Å²) < 4.78 is 11.3. The molecule has 1 aliphatic carbocycles. The van der Waals surface area contributed by atoms with Gasteiger partial charge >= 0.3 is 0 Å². The van der Waals surface area contributed by atoms with Gasteiger partial charge in [-0.25, -0.2) is 0 Å². The molecule has 2 unspecified atom stereocenters. The summed E-state index contributed by atoms with van der Waals surface area (Å²) in [5.74, 6) is 1.40. The fourth-order valence-corrected chi connectivity index (χ4v) is 3.98. The van der Waals surface area contributed by atoms with Crippen molar-refractivity contribution < 1.29 is 19.4 Å². The van der Waals surface area contributed by atoms with Crippen LogP contribution in [0, 0.1) is 5.92 Å². The number of rotatable bonds is 9. The van der Waals surface area contributed by atoms with Crippen molar-refractivity contribution >= 4 is 5.91 Å². The number of para-hydroxylation sites is 1. The Morgan fingerprint density at radius 1 is 1.20 bits per heavy atom. The van der Waals surface area contributed by atoms with Gasteiger partial charge in [0.1, 0.15) is 18.1 Å². The average Bonchev–Trinajstić information content (AvgIpc) is 2.91. The van der Waals surface area contributed by atoms with Crippen molar-refractivity contribution in [1.29, 1.82) is 0 Å². The highest BCUT2D eigenvalue weighted by molar-refractivity contribution is 5.77. The molecular weight excluding hydrogens is 380 g/mol. The highest BCUT2D eigenvalue weighted by atomic mass is 16.5. The Hall–Kier alpha value is -2.57. The maximum atomic E-state index is 11.7. The number of carbonyl (C=O) groups is 1. The lowest BCUT2D eigenvalue weighted by molar-refractivity contribution is -0.122. The molecule has 0 aromatic heterocycles. The Morgan fingerprint density at radius 2 is 2.00 bits per heavy atom. The van der Waals surface area contributed by atoms with Gasteiger partial charge in [0, 0.05) is 12.6 Å². The Balaban J connectivity index is 1.61. The lowest BCUT2D eigenvalue weighted by Gasteiger charge is -2.25. The van der Waals surface area contributed by atoms with Crippen LogP contribution in [-0.4, -0.2) is 36.9 Å². The van der Waals surface area contributed by atoms with E-state index in [1.54, 1.807) is 0 Å². The fourth-order valence-electron chi connectivity index (χ4n) is 3.98. The Morgan fingerprint density at radius 3 is 2.77 bits per heavy atom. The van der Waals surface area contributed by atoms with Crippen LogP contribution in [0.2, 0.25) is 0 Å². The summed E-state index contributed by atoms with van der Waals surface area (Å²) >= 11 is 0. The number of amides is 1. The van der Waals surface area contributed by atoms with E-state index in [4.69, 9.17) is 15.2 Å². The van der Waals surface area contributed by atoms with Crippen molar-refractivity contribution in [2.45, 2.75) is 44.8 Å². The van der Waals surface area contributed by atoms with E-state index in [2.05, 4.69) is 5.32 Å². The second-order valence-electron chi connectivity index (χ2n) is 7.79. The molecule has 0 aliphatic heterocycles. The second kappa shape index (κ2) is 11.0. The van der Waals surface area contributed by atoms with E-state index in [0.717, 1.165) is 30.6 Å². The van der Waals surface area contributed by atoms with E-state index in [1.807, 2.05) is 55.5 Å². The number of fused-ring (bicyclic) bond motifs is 1. The Labute approximate surface area is 178 Å². The van der Waals surface area contributed by atoms with Crippen molar-refractivity contribution in [3.05, 3.63) is 59.7 Å². The third-order valence-corrected chi connectivity index (χ3v) is 5.51. The molecule has 0 saturated carbocycles. The minimum absolute atomic E-state index is 0.0131. The maximum absolute atomic E-state index is 11.7. The molecule has 1 amide bonds. The van der Waals surface area contributed by atoms with Crippen molar-refractivity contribution in [2.75, 3.05) is 19.8 Å². The van der Waals surface area contributed by atoms with Crippen LogP contribution in [0.1, 0.15) is 43.4 Å². The molecule has 0 fully saturated rings. The predicted molar refractivity (Wildman–Crippen MR) is 117 cm³/mol. The van der Waals surface area contributed by atoms with Gasteiger partial charge in [0.15, 0.2) is 6.61 Å². The highest BCUT2D eigenvalue weighted by Crippen LogP contribution is 2.36. The van der Waals surface area contributed by atoms with E-state index in [9.17, 15) is 9.90 Å². The quantitative estimate of drug-likeness (QED) is 0.551. The Kier molecular flexibility index (Phi) is 8.11. The standard InChI is InChI=1S/C24H32N2O4/c1-2-26-23(28)16-30-21-12-11-17-7-6-8-18(24(25)22(17)14-21)13-19(27)15-29-20-9-4-3-5-10-20/h3-5,9-12,14,18-19,24,27H,2,6-8,13,15-16,25H2,1H3,(H,26,28)/t18?,19-,24?/m0/s1. The lowest BCUT2D eigenvalue weighted by atomic mass is 9.87. The normalized spacial score (nSPS) is 19.3. The van der Waals surface area contributed by atoms with Crippen LogP contribution in [0.4, 0.5) is 0 Å². The molecule has 0 saturated heterocycles. The van der Waals surface area contributed by atoms with Crippen LogP contribution >= 0.6 is 0 Å². The number of carbonyl (C=O) groups excluding carboxylic acids is 1. The first kappa shape index (κ1) is 22.1. The summed E-state index contributed by atoms with van der Waals surface area (Å²) in [5, 5.41) is 13.2. The third-order valence-electron chi connectivity index (χ3n) is 5.51. The number of hydrogen-bond acceptors (Lipinski definition) is 5. The van der Waals surface area contributed by atoms with Gasteiger partial charge in [-0.05, 0) is 73.9 Å². The van der Waals surface area contributed by atoms with Crippen molar-refractivity contribution in [3.8, 4) is 11.5 Å². The second-order valence-corrected chi connectivity index (χ2v) is 7.79. The van der Waals surface area contributed by atoms with Crippen LogP contribution in [0.5, 0.6) is 11.5 Å². The number of nitrogens with two attached hydrogens (primary N) is 1. The van der Waals surface area contributed by atoms with Gasteiger partial charge in [0.05, 0.1) is 6.10 Å². The number of ether oxygens (including phenoxy) is 2. The number of aryl methyl sites for hydroxylation is 1. The van der Waals surface area contributed by atoms with Crippen LogP contribution in [0.15, 0.2) is 48.5 Å². The van der Waals surface area contributed by atoms with Gasteiger partial charge in [-0.2, -0.15) is 0 Å². The number of aliphatic hydroxyl groups excluding tert-OH is 1. The minimum atomic E-state index is -0.583. The first-order valence-electron chi connectivity index (χ1n) is 10.7. The van der Waals surface area contributed by atoms with E-state index < -0.39 is 6.10 Å². The molecule has 3 atom stereocenters. The topological polar surface area (TPSA) is 93.8 Å². The summed E-state index contributed by atoms with van der Waals surface area (Å²) in [7, 11) is 0. The van der Waals surface area contributed by atoms with Gasteiger partial charge in [-0.15, -0.1) is 0 Å². The molecule has 0 heterocycles. The molecule has 0 radical (unpaired) electrons. The number of aliphatic hydroxyl groups is 1. The molecule has 0 bridgehead atoms. The first-order valence-corrected chi connectivity index (χ1v) is 10.7. The number of benzene rings is 2. The molecular formula is C24H32N2O4. The molecule has 6 heteroatoms. The van der Waals surface area contributed by atoms with Crippen LogP contribution in [0.25, 0.3) is 0 Å². The van der Waals surface area contributed by atoms with Crippen LogP contribution < -0.4 is 20.5 Å². The summed E-state index contributed by atoms with van der Waals surface area (Å²) in [4.78, 5) is 11.7. The van der Waals surface area contributed by atoms with E-state index in [-0.39, 0.29) is 31.1 Å². The molecule has 3 rings (SSSR count). The maximum Gasteiger partial charge on any atom is 0.257 e. The monoisotopic (exact) mass is 412 g/mol. The van der Waals surface area contributed by atoms with Gasteiger partial charge in [-0.3, -0.25) is 4.79 Å². The number of likely N-dealkylation sites (N-methyl/N-ethyl adjacent to an activating group) is 1. The first-order chi connectivity index (χ1) is 14.6. The number of hydrogen-bond donors (Lipinski definition) is 3. The van der Waals surface area contributed by atoms with Crippen molar-refractivity contribution in [3.63, 3.8) is 0 Å². The summed E-state index contributed by atoms with van der Waals surface area (Å²) in [6, 6.07) is 15.2. The summed E-state index contributed by atoms with van der Waals surface area (Å²) in [5.41, 5.74) is 8.89. The van der Waals surface area contributed by atoms with Crippen LogP contribution in [0.3, 0.4) is 0 Å².